The number of hydrogen-bond acceptors (Lipinski definition) is 3. The van der Waals surface area contributed by atoms with E-state index in [2.05, 4.69) is 0 Å². The lowest BCUT2D eigenvalue weighted by molar-refractivity contribution is -0.133. The van der Waals surface area contributed by atoms with Crippen molar-refractivity contribution in [2.45, 2.75) is 31.3 Å². The molecule has 3 fully saturated rings. The Labute approximate surface area is 138 Å². The van der Waals surface area contributed by atoms with E-state index in [0.29, 0.717) is 31.0 Å². The molecule has 23 heavy (non-hydrogen) atoms. The van der Waals surface area contributed by atoms with Gasteiger partial charge in [0.2, 0.25) is 5.91 Å². The van der Waals surface area contributed by atoms with Crippen molar-refractivity contribution in [1.82, 2.24) is 9.80 Å². The lowest BCUT2D eigenvalue weighted by Gasteiger charge is -2.22. The standard InChI is InChI=1S/C16H16ClN3O3/c17-10-3-5-11(6-4-10)18-9-7-13(14(18)21)20-15(22)12-2-1-8-19(12)16(20)23/h3-6,12-13H,1-2,7-9H2/t12-,13-/m1/s1. The molecule has 3 saturated heterocycles. The molecule has 1 aromatic carbocycles. The Kier molecular flexibility index (Phi) is 3.30. The summed E-state index contributed by atoms with van der Waals surface area (Å²) in [5.74, 6) is -0.418. The molecule has 1 aromatic rings. The van der Waals surface area contributed by atoms with E-state index >= 15 is 0 Å². The second-order valence-corrected chi connectivity index (χ2v) is 6.55. The van der Waals surface area contributed by atoms with Crippen molar-refractivity contribution < 1.29 is 14.4 Å². The van der Waals surface area contributed by atoms with Crippen LogP contribution in [-0.4, -0.2) is 52.8 Å². The molecule has 0 aromatic heterocycles. The van der Waals surface area contributed by atoms with Crippen molar-refractivity contribution in [1.29, 1.82) is 0 Å². The number of carbonyl (C=O) groups is 3. The summed E-state index contributed by atoms with van der Waals surface area (Å²) in [5.41, 5.74) is 0.737. The number of hydrogen-bond donors (Lipinski definition) is 0. The Bertz CT molecular complexity index is 668. The number of urea groups is 1. The SMILES string of the molecule is O=C1[C@H](N2C(=O)[C@H]3CCCN3C2=O)CCN1c1ccc(Cl)cc1. The van der Waals surface area contributed by atoms with Crippen LogP contribution in [0.3, 0.4) is 0 Å². The maximum absolute atomic E-state index is 12.7. The quantitative estimate of drug-likeness (QED) is 0.776. The molecule has 0 bridgehead atoms. The van der Waals surface area contributed by atoms with Gasteiger partial charge in [-0.25, -0.2) is 9.69 Å². The molecular weight excluding hydrogens is 318 g/mol. The number of amides is 4. The molecular formula is C16H16ClN3O3. The minimum absolute atomic E-state index is 0.199. The van der Waals surface area contributed by atoms with Crippen molar-refractivity contribution in [3.8, 4) is 0 Å². The van der Waals surface area contributed by atoms with Crippen LogP contribution in [0.25, 0.3) is 0 Å². The largest absolute Gasteiger partial charge is 0.328 e. The second-order valence-electron chi connectivity index (χ2n) is 6.11. The maximum atomic E-state index is 12.7. The third-order valence-electron chi connectivity index (χ3n) is 4.85. The highest BCUT2D eigenvalue weighted by molar-refractivity contribution is 6.30. The highest BCUT2D eigenvalue weighted by atomic mass is 35.5. The molecule has 0 N–H and O–H groups in total. The molecule has 0 spiro atoms. The molecule has 4 amide bonds. The summed E-state index contributed by atoms with van der Waals surface area (Å²) in [5, 5.41) is 0.600. The van der Waals surface area contributed by atoms with Gasteiger partial charge in [-0.05, 0) is 43.5 Å². The van der Waals surface area contributed by atoms with Gasteiger partial charge < -0.3 is 9.80 Å². The van der Waals surface area contributed by atoms with Gasteiger partial charge in [0.15, 0.2) is 0 Å². The number of rotatable bonds is 2. The van der Waals surface area contributed by atoms with Gasteiger partial charge in [0.05, 0.1) is 0 Å². The Morgan fingerprint density at radius 3 is 2.35 bits per heavy atom. The molecule has 2 atom stereocenters. The fourth-order valence-corrected chi connectivity index (χ4v) is 3.84. The van der Waals surface area contributed by atoms with Crippen LogP contribution < -0.4 is 4.90 Å². The van der Waals surface area contributed by atoms with Crippen LogP contribution in [0.5, 0.6) is 0 Å². The van der Waals surface area contributed by atoms with Gasteiger partial charge >= 0.3 is 6.03 Å². The molecule has 0 unspecified atom stereocenters. The van der Waals surface area contributed by atoms with E-state index in [1.165, 1.54) is 4.90 Å². The maximum Gasteiger partial charge on any atom is 0.328 e. The van der Waals surface area contributed by atoms with E-state index in [-0.39, 0.29) is 23.9 Å². The number of anilines is 1. The van der Waals surface area contributed by atoms with E-state index in [1.807, 2.05) is 0 Å². The number of carbonyl (C=O) groups excluding carboxylic acids is 3. The summed E-state index contributed by atoms with van der Waals surface area (Å²) >= 11 is 5.87. The van der Waals surface area contributed by atoms with E-state index in [1.54, 1.807) is 34.1 Å². The van der Waals surface area contributed by atoms with Gasteiger partial charge in [-0.3, -0.25) is 9.59 Å². The van der Waals surface area contributed by atoms with Crippen LogP contribution >= 0.6 is 11.6 Å². The van der Waals surface area contributed by atoms with Crippen LogP contribution in [0, 0.1) is 0 Å². The molecule has 7 heteroatoms. The summed E-state index contributed by atoms with van der Waals surface area (Å²) < 4.78 is 0. The first-order valence-corrected chi connectivity index (χ1v) is 8.16. The lowest BCUT2D eigenvalue weighted by atomic mass is 10.1. The van der Waals surface area contributed by atoms with Crippen molar-refractivity contribution >= 4 is 35.1 Å². The Morgan fingerprint density at radius 1 is 0.913 bits per heavy atom. The molecule has 120 valence electrons. The predicted octanol–water partition coefficient (Wildman–Crippen LogP) is 1.87. The molecule has 0 saturated carbocycles. The highest BCUT2D eigenvalue weighted by Gasteiger charge is 2.53. The van der Waals surface area contributed by atoms with Gasteiger partial charge in [-0.2, -0.15) is 0 Å². The Balaban J connectivity index is 1.57. The smallest absolute Gasteiger partial charge is 0.312 e. The van der Waals surface area contributed by atoms with Gasteiger partial charge in [0, 0.05) is 23.8 Å². The topological polar surface area (TPSA) is 60.9 Å². The number of nitrogens with zero attached hydrogens (tertiary/aromatic N) is 3. The minimum Gasteiger partial charge on any atom is -0.312 e. The second kappa shape index (κ2) is 5.23. The van der Waals surface area contributed by atoms with E-state index in [4.69, 9.17) is 11.6 Å². The number of imide groups is 1. The lowest BCUT2D eigenvalue weighted by Crippen LogP contribution is -2.46. The van der Waals surface area contributed by atoms with Crippen LogP contribution in [0.1, 0.15) is 19.3 Å². The van der Waals surface area contributed by atoms with E-state index in [9.17, 15) is 14.4 Å². The summed E-state index contributed by atoms with van der Waals surface area (Å²) in [4.78, 5) is 42.1. The Morgan fingerprint density at radius 2 is 1.65 bits per heavy atom. The van der Waals surface area contributed by atoms with Crippen LogP contribution in [-0.2, 0) is 9.59 Å². The zero-order chi connectivity index (χ0) is 16.1. The third kappa shape index (κ3) is 2.12. The number of benzene rings is 1. The van der Waals surface area contributed by atoms with Crippen LogP contribution in [0.4, 0.5) is 10.5 Å². The van der Waals surface area contributed by atoms with Crippen LogP contribution in [0.2, 0.25) is 5.02 Å². The summed E-state index contributed by atoms with van der Waals surface area (Å²) in [6.07, 6.45) is 2.02. The molecule has 3 aliphatic rings. The molecule has 3 heterocycles. The summed E-state index contributed by atoms with van der Waals surface area (Å²) in [6, 6.07) is 5.63. The molecule has 4 rings (SSSR count). The fourth-order valence-electron chi connectivity index (χ4n) is 3.71. The first kappa shape index (κ1) is 14.5. The first-order chi connectivity index (χ1) is 11.1. The van der Waals surface area contributed by atoms with E-state index in [0.717, 1.165) is 12.1 Å². The molecule has 3 aliphatic heterocycles. The number of halogens is 1. The van der Waals surface area contributed by atoms with Crippen molar-refractivity contribution in [2.24, 2.45) is 0 Å². The molecule has 6 nitrogen and oxygen atoms in total. The summed E-state index contributed by atoms with van der Waals surface area (Å²) in [7, 11) is 0. The average molecular weight is 334 g/mol. The van der Waals surface area contributed by atoms with Gasteiger partial charge in [-0.15, -0.1) is 0 Å². The third-order valence-corrected chi connectivity index (χ3v) is 5.11. The zero-order valence-corrected chi connectivity index (χ0v) is 13.2. The van der Waals surface area contributed by atoms with Crippen molar-refractivity contribution in [3.63, 3.8) is 0 Å². The summed E-state index contributed by atoms with van der Waals surface area (Å²) in [6.45, 7) is 1.10. The van der Waals surface area contributed by atoms with Gasteiger partial charge in [-0.1, -0.05) is 11.6 Å². The minimum atomic E-state index is -0.684. The van der Waals surface area contributed by atoms with Crippen molar-refractivity contribution in [3.05, 3.63) is 29.3 Å². The van der Waals surface area contributed by atoms with E-state index < -0.39 is 6.04 Å². The molecule has 0 aliphatic carbocycles. The Hall–Kier alpha value is -2.08. The fraction of sp³-hybridized carbons (Fsp3) is 0.438. The van der Waals surface area contributed by atoms with Gasteiger partial charge in [0.1, 0.15) is 12.1 Å². The first-order valence-electron chi connectivity index (χ1n) is 7.78. The van der Waals surface area contributed by atoms with Gasteiger partial charge in [0.25, 0.3) is 5.91 Å². The highest BCUT2D eigenvalue weighted by Crippen LogP contribution is 2.33. The number of fused-ring (bicyclic) bond motifs is 1. The normalized spacial score (nSPS) is 27.3. The zero-order valence-electron chi connectivity index (χ0n) is 12.4. The molecule has 0 radical (unpaired) electrons. The monoisotopic (exact) mass is 333 g/mol. The average Bonchev–Trinajstić information content (AvgIpc) is 3.20. The van der Waals surface area contributed by atoms with Crippen molar-refractivity contribution in [2.75, 3.05) is 18.0 Å². The van der Waals surface area contributed by atoms with Crippen LogP contribution in [0.15, 0.2) is 24.3 Å². The predicted molar refractivity (Wildman–Crippen MR) is 84.2 cm³/mol.